The standard InChI is InChI=1S/C25H33N5O2/c1-18-6-5-7-22-20(16-28-24(18)22)13-15-27-25(29-17-23(31)30(2)3)26-14-12-19-8-10-21(32-4)11-9-19/h5-11,16,28H,12-15,17H2,1-4H3,(H2,26,27,29). The second kappa shape index (κ2) is 11.2. The Bertz CT molecular complexity index is 1050. The van der Waals surface area contributed by atoms with E-state index in [2.05, 4.69) is 64.1 Å². The second-order valence-electron chi connectivity index (χ2n) is 7.97. The third-order valence-corrected chi connectivity index (χ3v) is 5.43. The average molecular weight is 436 g/mol. The van der Waals surface area contributed by atoms with Gasteiger partial charge in [0.25, 0.3) is 0 Å². The molecule has 3 N–H and O–H groups in total. The highest BCUT2D eigenvalue weighted by atomic mass is 16.5. The van der Waals surface area contributed by atoms with Gasteiger partial charge >= 0.3 is 0 Å². The highest BCUT2D eigenvalue weighted by molar-refractivity contribution is 5.86. The van der Waals surface area contributed by atoms with E-state index in [4.69, 9.17) is 4.74 Å². The molecule has 0 aliphatic rings. The Morgan fingerprint density at radius 3 is 2.47 bits per heavy atom. The lowest BCUT2D eigenvalue weighted by molar-refractivity contribution is -0.127. The number of carbonyl (C=O) groups excluding carboxylic acids is 1. The fraction of sp³-hybridized carbons (Fsp3) is 0.360. The first-order chi connectivity index (χ1) is 15.5. The molecule has 0 aliphatic heterocycles. The van der Waals surface area contributed by atoms with Crippen LogP contribution in [0.1, 0.15) is 16.7 Å². The van der Waals surface area contributed by atoms with Crippen LogP contribution >= 0.6 is 0 Å². The summed E-state index contributed by atoms with van der Waals surface area (Å²) >= 11 is 0. The van der Waals surface area contributed by atoms with Crippen LogP contribution in [0.25, 0.3) is 10.9 Å². The number of hydrogen-bond acceptors (Lipinski definition) is 3. The molecular formula is C25H33N5O2. The van der Waals surface area contributed by atoms with Crippen LogP contribution in [0.3, 0.4) is 0 Å². The van der Waals surface area contributed by atoms with Crippen molar-refractivity contribution in [2.24, 2.45) is 4.99 Å². The number of nitrogens with one attached hydrogen (secondary N) is 3. The molecular weight excluding hydrogens is 402 g/mol. The zero-order valence-corrected chi connectivity index (χ0v) is 19.4. The van der Waals surface area contributed by atoms with E-state index in [1.54, 1.807) is 26.1 Å². The van der Waals surface area contributed by atoms with Crippen molar-refractivity contribution in [3.63, 3.8) is 0 Å². The zero-order valence-electron chi connectivity index (χ0n) is 19.4. The van der Waals surface area contributed by atoms with Gasteiger partial charge in [0.2, 0.25) is 5.91 Å². The first-order valence-electron chi connectivity index (χ1n) is 10.9. The lowest BCUT2D eigenvalue weighted by Gasteiger charge is -2.14. The van der Waals surface area contributed by atoms with Crippen molar-refractivity contribution < 1.29 is 9.53 Å². The van der Waals surface area contributed by atoms with Crippen molar-refractivity contribution in [3.8, 4) is 5.75 Å². The van der Waals surface area contributed by atoms with Crippen molar-refractivity contribution in [2.45, 2.75) is 19.8 Å². The number of H-pyrrole nitrogens is 1. The first-order valence-corrected chi connectivity index (χ1v) is 10.9. The summed E-state index contributed by atoms with van der Waals surface area (Å²) in [6, 6.07) is 14.4. The second-order valence-corrected chi connectivity index (χ2v) is 7.97. The molecule has 1 heterocycles. The van der Waals surface area contributed by atoms with E-state index in [0.29, 0.717) is 19.0 Å². The number of hydrogen-bond donors (Lipinski definition) is 3. The summed E-state index contributed by atoms with van der Waals surface area (Å²) in [5, 5.41) is 7.97. The van der Waals surface area contributed by atoms with Crippen LogP contribution in [0.5, 0.6) is 5.75 Å². The summed E-state index contributed by atoms with van der Waals surface area (Å²) in [6.07, 6.45) is 3.77. The van der Waals surface area contributed by atoms with Gasteiger partial charge in [-0.2, -0.15) is 0 Å². The molecule has 32 heavy (non-hydrogen) atoms. The van der Waals surface area contributed by atoms with Gasteiger partial charge in [0.15, 0.2) is 5.96 Å². The third kappa shape index (κ3) is 6.26. The monoisotopic (exact) mass is 435 g/mol. The number of carbonyl (C=O) groups is 1. The summed E-state index contributed by atoms with van der Waals surface area (Å²) in [5.41, 5.74) is 4.89. The van der Waals surface area contributed by atoms with Crippen molar-refractivity contribution in [1.82, 2.24) is 20.5 Å². The van der Waals surface area contributed by atoms with Gasteiger partial charge in [0.1, 0.15) is 12.3 Å². The third-order valence-electron chi connectivity index (χ3n) is 5.43. The molecule has 7 nitrogen and oxygen atoms in total. The average Bonchev–Trinajstić information content (AvgIpc) is 3.21. The van der Waals surface area contributed by atoms with Gasteiger partial charge in [-0.15, -0.1) is 0 Å². The van der Waals surface area contributed by atoms with Crippen LogP contribution in [0.2, 0.25) is 0 Å². The van der Waals surface area contributed by atoms with Gasteiger partial charge in [-0.25, -0.2) is 4.99 Å². The number of fused-ring (bicyclic) bond motifs is 1. The lowest BCUT2D eigenvalue weighted by atomic mass is 10.1. The molecule has 0 fully saturated rings. The number of ether oxygens (including phenoxy) is 1. The summed E-state index contributed by atoms with van der Waals surface area (Å²) in [5.74, 6) is 1.46. The molecule has 7 heteroatoms. The van der Waals surface area contributed by atoms with E-state index in [1.807, 2.05) is 12.1 Å². The highest BCUT2D eigenvalue weighted by Gasteiger charge is 2.07. The number of likely N-dealkylation sites (N-methyl/N-ethyl adjacent to an activating group) is 1. The molecule has 0 spiro atoms. The van der Waals surface area contributed by atoms with E-state index in [1.165, 1.54) is 27.6 Å². The Balaban J connectivity index is 1.58. The molecule has 2 aromatic carbocycles. The minimum absolute atomic E-state index is 0.0339. The maximum Gasteiger partial charge on any atom is 0.243 e. The van der Waals surface area contributed by atoms with E-state index >= 15 is 0 Å². The predicted octanol–water partition coefficient (Wildman–Crippen LogP) is 2.89. The highest BCUT2D eigenvalue weighted by Crippen LogP contribution is 2.21. The van der Waals surface area contributed by atoms with Crippen LogP contribution in [-0.4, -0.2) is 62.6 Å². The Kier molecular flexibility index (Phi) is 8.14. The molecule has 0 saturated heterocycles. The lowest BCUT2D eigenvalue weighted by Crippen LogP contribution is -2.40. The van der Waals surface area contributed by atoms with Crippen molar-refractivity contribution >= 4 is 22.8 Å². The molecule has 1 aromatic heterocycles. The normalized spacial score (nSPS) is 11.4. The number of methoxy groups -OCH3 is 1. The Labute approximate surface area is 189 Å². The number of rotatable bonds is 9. The van der Waals surface area contributed by atoms with E-state index in [9.17, 15) is 4.79 Å². The molecule has 0 saturated carbocycles. The quantitative estimate of drug-likeness (QED) is 0.357. The minimum atomic E-state index is -0.0339. The van der Waals surface area contributed by atoms with Crippen molar-refractivity contribution in [2.75, 3.05) is 40.8 Å². The molecule has 0 unspecified atom stereocenters. The maximum atomic E-state index is 12.0. The van der Waals surface area contributed by atoms with Gasteiger partial charge in [-0.3, -0.25) is 4.79 Å². The molecule has 0 atom stereocenters. The van der Waals surface area contributed by atoms with Crippen LogP contribution in [-0.2, 0) is 17.6 Å². The van der Waals surface area contributed by atoms with Crippen molar-refractivity contribution in [3.05, 3.63) is 65.4 Å². The number of guanidine groups is 1. The maximum absolute atomic E-state index is 12.0. The van der Waals surface area contributed by atoms with Crippen LogP contribution in [0.4, 0.5) is 0 Å². The molecule has 3 aromatic rings. The summed E-state index contributed by atoms with van der Waals surface area (Å²) in [6.45, 7) is 3.64. The van der Waals surface area contributed by atoms with Gasteiger partial charge in [-0.05, 0) is 48.6 Å². The fourth-order valence-corrected chi connectivity index (χ4v) is 3.47. The summed E-state index contributed by atoms with van der Waals surface area (Å²) in [7, 11) is 5.14. The molecule has 0 aliphatic carbocycles. The summed E-state index contributed by atoms with van der Waals surface area (Å²) in [4.78, 5) is 21.4. The molecule has 0 radical (unpaired) electrons. The molecule has 0 bridgehead atoms. The van der Waals surface area contributed by atoms with E-state index in [-0.39, 0.29) is 12.5 Å². The number of nitrogens with zero attached hydrogens (tertiary/aromatic N) is 2. The summed E-state index contributed by atoms with van der Waals surface area (Å²) < 4.78 is 5.21. The number of para-hydroxylation sites is 1. The SMILES string of the molecule is COc1ccc(CCNC(=NCC(=O)N(C)C)NCCc2c[nH]c3c(C)cccc23)cc1. The van der Waals surface area contributed by atoms with E-state index < -0.39 is 0 Å². The number of amides is 1. The molecule has 170 valence electrons. The molecule has 1 amide bonds. The van der Waals surface area contributed by atoms with Crippen LogP contribution in [0.15, 0.2) is 53.7 Å². The van der Waals surface area contributed by atoms with E-state index in [0.717, 1.165) is 18.6 Å². The zero-order chi connectivity index (χ0) is 22.9. The Hall–Kier alpha value is -3.48. The minimum Gasteiger partial charge on any atom is -0.497 e. The fourth-order valence-electron chi connectivity index (χ4n) is 3.47. The molecule has 3 rings (SSSR count). The van der Waals surface area contributed by atoms with Gasteiger partial charge in [0, 0.05) is 44.3 Å². The van der Waals surface area contributed by atoms with Crippen molar-refractivity contribution in [1.29, 1.82) is 0 Å². The largest absolute Gasteiger partial charge is 0.497 e. The Morgan fingerprint density at radius 2 is 1.78 bits per heavy atom. The first kappa shape index (κ1) is 23.2. The van der Waals surface area contributed by atoms with Crippen LogP contribution in [0, 0.1) is 6.92 Å². The number of aliphatic imine (C=N–C) groups is 1. The number of aromatic amines is 1. The number of benzene rings is 2. The topological polar surface area (TPSA) is 81.8 Å². The number of aromatic nitrogens is 1. The predicted molar refractivity (Wildman–Crippen MR) is 130 cm³/mol. The van der Waals surface area contributed by atoms with Gasteiger partial charge < -0.3 is 25.3 Å². The van der Waals surface area contributed by atoms with Gasteiger partial charge in [-0.1, -0.05) is 30.3 Å². The van der Waals surface area contributed by atoms with Crippen LogP contribution < -0.4 is 15.4 Å². The Morgan fingerprint density at radius 1 is 1.06 bits per heavy atom. The number of aryl methyl sites for hydroxylation is 1. The van der Waals surface area contributed by atoms with Gasteiger partial charge in [0.05, 0.1) is 7.11 Å². The smallest absolute Gasteiger partial charge is 0.243 e.